The number of amides is 1. The Labute approximate surface area is 154 Å². The Kier molecular flexibility index (Phi) is 4.91. The molecule has 10 heteroatoms. The molecule has 0 saturated carbocycles. The molecule has 0 aliphatic rings. The van der Waals surface area contributed by atoms with Crippen LogP contribution in [-0.2, 0) is 6.18 Å². The Hall–Kier alpha value is -3.27. The van der Waals surface area contributed by atoms with Gasteiger partial charge in [-0.3, -0.25) is 20.2 Å². The standard InChI is InChI=1S/C17H10F3N3O3S/c18-17(19,20)12-6-4-10(5-7-12)15(24)22-16-21-14(9-27-16)11-2-1-3-13(8-11)23(25)26/h1-9H,(H,21,22,24). The summed E-state index contributed by atoms with van der Waals surface area (Å²) in [6.45, 7) is 0. The van der Waals surface area contributed by atoms with E-state index in [-0.39, 0.29) is 16.4 Å². The first-order valence-electron chi connectivity index (χ1n) is 7.43. The van der Waals surface area contributed by atoms with Gasteiger partial charge < -0.3 is 0 Å². The summed E-state index contributed by atoms with van der Waals surface area (Å²) in [5.74, 6) is -0.608. The molecular weight excluding hydrogens is 383 g/mol. The van der Waals surface area contributed by atoms with Crippen molar-refractivity contribution < 1.29 is 22.9 Å². The fourth-order valence-electron chi connectivity index (χ4n) is 2.22. The van der Waals surface area contributed by atoms with Crippen molar-refractivity contribution in [3.8, 4) is 11.3 Å². The number of anilines is 1. The van der Waals surface area contributed by atoms with E-state index in [0.29, 0.717) is 11.3 Å². The Morgan fingerprint density at radius 3 is 2.48 bits per heavy atom. The Morgan fingerprint density at radius 1 is 1.15 bits per heavy atom. The summed E-state index contributed by atoms with van der Waals surface area (Å²) in [4.78, 5) is 26.7. The summed E-state index contributed by atoms with van der Waals surface area (Å²) in [6, 6.07) is 9.67. The second kappa shape index (κ2) is 7.16. The van der Waals surface area contributed by atoms with Crippen molar-refractivity contribution in [2.75, 3.05) is 5.32 Å². The molecule has 1 aromatic heterocycles. The van der Waals surface area contributed by atoms with Crippen LogP contribution in [0.25, 0.3) is 11.3 Å². The zero-order chi connectivity index (χ0) is 19.6. The molecule has 0 aliphatic carbocycles. The third kappa shape index (κ3) is 4.29. The molecule has 1 heterocycles. The first-order chi connectivity index (χ1) is 12.7. The lowest BCUT2D eigenvalue weighted by molar-refractivity contribution is -0.384. The maximum Gasteiger partial charge on any atom is 0.416 e. The van der Waals surface area contributed by atoms with Crippen LogP contribution in [0.2, 0.25) is 0 Å². The van der Waals surface area contributed by atoms with Crippen molar-refractivity contribution >= 4 is 28.1 Å². The number of aromatic nitrogens is 1. The van der Waals surface area contributed by atoms with E-state index in [1.807, 2.05) is 0 Å². The number of rotatable bonds is 4. The van der Waals surface area contributed by atoms with Crippen molar-refractivity contribution in [3.63, 3.8) is 0 Å². The summed E-state index contributed by atoms with van der Waals surface area (Å²) >= 11 is 1.10. The number of hydrogen-bond acceptors (Lipinski definition) is 5. The van der Waals surface area contributed by atoms with Gasteiger partial charge in [-0.2, -0.15) is 13.2 Å². The van der Waals surface area contributed by atoms with Crippen molar-refractivity contribution in [1.82, 2.24) is 4.98 Å². The number of thiazole rings is 1. The number of nitrogens with one attached hydrogen (secondary N) is 1. The van der Waals surface area contributed by atoms with Gasteiger partial charge in [0.25, 0.3) is 11.6 Å². The molecule has 0 fully saturated rings. The molecular formula is C17H10F3N3O3S. The van der Waals surface area contributed by atoms with Gasteiger partial charge in [0.1, 0.15) is 0 Å². The van der Waals surface area contributed by atoms with Gasteiger partial charge in [-0.05, 0) is 24.3 Å². The average Bonchev–Trinajstić information content (AvgIpc) is 3.09. The van der Waals surface area contributed by atoms with E-state index < -0.39 is 22.6 Å². The number of nitro benzene ring substituents is 1. The Bertz CT molecular complexity index is 1000. The highest BCUT2D eigenvalue weighted by atomic mass is 32.1. The van der Waals surface area contributed by atoms with Crippen LogP contribution in [-0.4, -0.2) is 15.8 Å². The maximum absolute atomic E-state index is 12.6. The van der Waals surface area contributed by atoms with E-state index >= 15 is 0 Å². The topological polar surface area (TPSA) is 85.1 Å². The van der Waals surface area contributed by atoms with E-state index in [1.165, 1.54) is 18.2 Å². The van der Waals surface area contributed by atoms with Crippen LogP contribution in [0.5, 0.6) is 0 Å². The lowest BCUT2D eigenvalue weighted by atomic mass is 10.1. The third-order valence-electron chi connectivity index (χ3n) is 3.55. The molecule has 2 aromatic carbocycles. The van der Waals surface area contributed by atoms with Crippen LogP contribution in [0.3, 0.4) is 0 Å². The minimum Gasteiger partial charge on any atom is -0.298 e. The Morgan fingerprint density at radius 2 is 1.85 bits per heavy atom. The van der Waals surface area contributed by atoms with E-state index in [1.54, 1.807) is 11.4 Å². The highest BCUT2D eigenvalue weighted by Crippen LogP contribution is 2.30. The number of nitro groups is 1. The van der Waals surface area contributed by atoms with Crippen molar-refractivity contribution in [2.45, 2.75) is 6.18 Å². The lowest BCUT2D eigenvalue weighted by Crippen LogP contribution is -2.12. The normalized spacial score (nSPS) is 11.2. The fourth-order valence-corrected chi connectivity index (χ4v) is 2.94. The second-order valence-corrected chi connectivity index (χ2v) is 6.23. The van der Waals surface area contributed by atoms with Gasteiger partial charge in [-0.15, -0.1) is 11.3 Å². The average molecular weight is 393 g/mol. The van der Waals surface area contributed by atoms with Crippen LogP contribution >= 0.6 is 11.3 Å². The SMILES string of the molecule is O=C(Nc1nc(-c2cccc([N+](=O)[O-])c2)cs1)c1ccc(C(F)(F)F)cc1. The minimum atomic E-state index is -4.47. The number of non-ortho nitro benzene ring substituents is 1. The first-order valence-corrected chi connectivity index (χ1v) is 8.31. The number of benzene rings is 2. The van der Waals surface area contributed by atoms with Crippen LogP contribution in [0.1, 0.15) is 15.9 Å². The molecule has 0 saturated heterocycles. The highest BCUT2D eigenvalue weighted by Gasteiger charge is 2.30. The van der Waals surface area contributed by atoms with E-state index in [2.05, 4.69) is 10.3 Å². The van der Waals surface area contributed by atoms with E-state index in [9.17, 15) is 28.1 Å². The lowest BCUT2D eigenvalue weighted by Gasteiger charge is -2.07. The van der Waals surface area contributed by atoms with Gasteiger partial charge >= 0.3 is 6.18 Å². The van der Waals surface area contributed by atoms with Crippen LogP contribution in [0.4, 0.5) is 24.0 Å². The number of nitrogens with zero attached hydrogens (tertiary/aromatic N) is 2. The van der Waals surface area contributed by atoms with Crippen LogP contribution < -0.4 is 5.32 Å². The minimum absolute atomic E-state index is 0.0510. The molecule has 138 valence electrons. The highest BCUT2D eigenvalue weighted by molar-refractivity contribution is 7.14. The van der Waals surface area contributed by atoms with Gasteiger partial charge in [0.15, 0.2) is 5.13 Å². The van der Waals surface area contributed by atoms with Crippen LogP contribution in [0.15, 0.2) is 53.9 Å². The summed E-state index contributed by atoms with van der Waals surface area (Å²) in [6.07, 6.45) is -4.47. The molecule has 0 spiro atoms. The van der Waals surface area contributed by atoms with Crippen molar-refractivity contribution in [2.24, 2.45) is 0 Å². The summed E-state index contributed by atoms with van der Waals surface area (Å²) in [5.41, 5.74) is 0.0640. The number of carbonyl (C=O) groups excluding carboxylic acids is 1. The Balaban J connectivity index is 1.75. The predicted molar refractivity (Wildman–Crippen MR) is 93.6 cm³/mol. The fraction of sp³-hybridized carbons (Fsp3) is 0.0588. The monoisotopic (exact) mass is 393 g/mol. The molecule has 3 aromatic rings. The third-order valence-corrected chi connectivity index (χ3v) is 4.31. The molecule has 3 rings (SSSR count). The van der Waals surface area contributed by atoms with Gasteiger partial charge in [-0.25, -0.2) is 4.98 Å². The smallest absolute Gasteiger partial charge is 0.298 e. The number of hydrogen-bond donors (Lipinski definition) is 1. The van der Waals surface area contributed by atoms with E-state index in [0.717, 1.165) is 35.6 Å². The van der Waals surface area contributed by atoms with Gasteiger partial charge in [-0.1, -0.05) is 12.1 Å². The second-order valence-electron chi connectivity index (χ2n) is 5.37. The summed E-state index contributed by atoms with van der Waals surface area (Å²) < 4.78 is 37.7. The summed E-state index contributed by atoms with van der Waals surface area (Å²) in [7, 11) is 0. The molecule has 0 aliphatic heterocycles. The summed E-state index contributed by atoms with van der Waals surface area (Å²) in [5, 5.41) is 15.2. The van der Waals surface area contributed by atoms with Crippen molar-refractivity contribution in [3.05, 3.63) is 75.2 Å². The predicted octanol–water partition coefficient (Wildman–Crippen LogP) is 4.99. The van der Waals surface area contributed by atoms with Gasteiger partial charge in [0, 0.05) is 28.6 Å². The molecule has 1 amide bonds. The molecule has 6 nitrogen and oxygen atoms in total. The quantitative estimate of drug-likeness (QED) is 0.500. The zero-order valence-corrected chi connectivity index (χ0v) is 14.2. The largest absolute Gasteiger partial charge is 0.416 e. The maximum atomic E-state index is 12.6. The molecule has 0 atom stereocenters. The number of alkyl halides is 3. The molecule has 0 radical (unpaired) electrons. The van der Waals surface area contributed by atoms with Crippen LogP contribution in [0, 0.1) is 10.1 Å². The van der Waals surface area contributed by atoms with Gasteiger partial charge in [0.05, 0.1) is 16.2 Å². The zero-order valence-electron chi connectivity index (χ0n) is 13.4. The number of carbonyl (C=O) groups is 1. The molecule has 0 bridgehead atoms. The number of halogens is 3. The molecule has 0 unspecified atom stereocenters. The van der Waals surface area contributed by atoms with Gasteiger partial charge in [0.2, 0.25) is 0 Å². The van der Waals surface area contributed by atoms with E-state index in [4.69, 9.17) is 0 Å². The first kappa shape index (κ1) is 18.5. The molecule has 27 heavy (non-hydrogen) atoms. The van der Waals surface area contributed by atoms with Crippen molar-refractivity contribution in [1.29, 1.82) is 0 Å². The molecule has 1 N–H and O–H groups in total.